The van der Waals surface area contributed by atoms with E-state index < -0.39 is 71.8 Å². The molecule has 0 spiro atoms. The molecule has 3 aromatic rings. The Balaban J connectivity index is 1.45. The maximum absolute atomic E-state index is 14.3. The summed E-state index contributed by atoms with van der Waals surface area (Å²) in [6.45, 7) is 5.19. The van der Waals surface area contributed by atoms with Gasteiger partial charge in [-0.1, -0.05) is 80.6 Å². The molecule has 0 aliphatic carbocycles. The van der Waals surface area contributed by atoms with Crippen molar-refractivity contribution in [2.75, 3.05) is 39.8 Å². The van der Waals surface area contributed by atoms with E-state index in [2.05, 4.69) is 26.3 Å². The summed E-state index contributed by atoms with van der Waals surface area (Å²) in [5.74, 6) is -2.84. The van der Waals surface area contributed by atoms with E-state index in [0.717, 1.165) is 16.7 Å². The number of carbonyl (C=O) groups is 5. The highest BCUT2D eigenvalue weighted by Gasteiger charge is 2.46. The molecular weight excluding hydrogens is 682 g/mol. The molecule has 16 heteroatoms. The van der Waals surface area contributed by atoms with Gasteiger partial charge in [-0.05, 0) is 22.1 Å². The van der Waals surface area contributed by atoms with Gasteiger partial charge in [0.25, 0.3) is 0 Å². The van der Waals surface area contributed by atoms with Crippen LogP contribution in [0.1, 0.15) is 44.5 Å². The summed E-state index contributed by atoms with van der Waals surface area (Å²) in [6.07, 6.45) is 0.624. The van der Waals surface area contributed by atoms with E-state index in [1.807, 2.05) is 75.4 Å². The number of nitrogens with two attached hydrogens (primary N) is 1. The maximum Gasteiger partial charge on any atom is 0.248 e. The number of fused-ring (bicyclic) bond motifs is 3. The first-order chi connectivity index (χ1) is 25.2. The number of carbonyl (C=O) groups excluding carboxylic acids is 5. The van der Waals surface area contributed by atoms with Gasteiger partial charge in [-0.2, -0.15) is 0 Å². The monoisotopic (exact) mass is 731 g/mol. The fourth-order valence-electron chi connectivity index (χ4n) is 6.54. The van der Waals surface area contributed by atoms with Gasteiger partial charge in [0, 0.05) is 39.5 Å². The second-order valence-corrected chi connectivity index (χ2v) is 14.6. The molecule has 1 saturated heterocycles. The van der Waals surface area contributed by atoms with Crippen LogP contribution in [-0.4, -0.2) is 123 Å². The first-order valence-corrected chi connectivity index (χ1v) is 17.7. The van der Waals surface area contributed by atoms with Gasteiger partial charge in [0.2, 0.25) is 29.5 Å². The first-order valence-electron chi connectivity index (χ1n) is 17.7. The minimum atomic E-state index is -1.17. The molecule has 2 aliphatic heterocycles. The predicted octanol–water partition coefficient (Wildman–Crippen LogP) is -0.230. The van der Waals surface area contributed by atoms with Crippen LogP contribution in [0.25, 0.3) is 11.1 Å². The number of benzene rings is 2. The zero-order valence-corrected chi connectivity index (χ0v) is 30.5. The summed E-state index contributed by atoms with van der Waals surface area (Å²) in [7, 11) is 1.55. The van der Waals surface area contributed by atoms with Crippen LogP contribution in [0, 0.1) is 5.41 Å². The Morgan fingerprint density at radius 1 is 0.925 bits per heavy atom. The maximum atomic E-state index is 14.3. The lowest BCUT2D eigenvalue weighted by molar-refractivity contribution is -0.144. The fourth-order valence-corrected chi connectivity index (χ4v) is 6.54. The zero-order chi connectivity index (χ0) is 38.3. The number of aliphatic hydroxyl groups excluding tert-OH is 1. The second-order valence-electron chi connectivity index (χ2n) is 14.6. The van der Waals surface area contributed by atoms with Gasteiger partial charge >= 0.3 is 0 Å². The van der Waals surface area contributed by atoms with Crippen LogP contribution in [0.5, 0.6) is 0 Å². The van der Waals surface area contributed by atoms with Gasteiger partial charge in [0.1, 0.15) is 29.9 Å². The van der Waals surface area contributed by atoms with Crippen molar-refractivity contribution in [1.29, 1.82) is 0 Å². The Kier molecular flexibility index (Phi) is 12.6. The van der Waals surface area contributed by atoms with E-state index in [-0.39, 0.29) is 45.7 Å². The third kappa shape index (κ3) is 9.82. The van der Waals surface area contributed by atoms with E-state index >= 15 is 0 Å². The number of hydrogen-bond acceptors (Lipinski definition) is 10. The quantitative estimate of drug-likeness (QED) is 0.238. The van der Waals surface area contributed by atoms with E-state index in [1.165, 1.54) is 14.5 Å². The van der Waals surface area contributed by atoms with Gasteiger partial charge in [0.15, 0.2) is 0 Å². The average Bonchev–Trinajstić information content (AvgIpc) is 3.76. The first kappa shape index (κ1) is 39.0. The lowest BCUT2D eigenvalue weighted by Crippen LogP contribution is -2.57. The van der Waals surface area contributed by atoms with Crippen molar-refractivity contribution in [1.82, 2.24) is 40.7 Å². The number of nitrogens with one attached hydrogen (secondary N) is 3. The highest BCUT2D eigenvalue weighted by atomic mass is 16.5. The van der Waals surface area contributed by atoms with Crippen molar-refractivity contribution >= 4 is 29.5 Å². The second kappa shape index (κ2) is 17.1. The molecule has 6 N–H and O–H groups in total. The van der Waals surface area contributed by atoms with Crippen molar-refractivity contribution in [3.05, 3.63) is 72.1 Å². The highest BCUT2D eigenvalue weighted by Crippen LogP contribution is 2.34. The molecule has 1 aromatic heterocycles. The molecular formula is C37H49N9O7. The molecule has 0 radical (unpaired) electrons. The van der Waals surface area contributed by atoms with Crippen LogP contribution >= 0.6 is 0 Å². The number of aliphatic hydroxyl groups is 1. The lowest BCUT2D eigenvalue weighted by Gasteiger charge is -2.35. The summed E-state index contributed by atoms with van der Waals surface area (Å²) in [4.78, 5) is 70.8. The van der Waals surface area contributed by atoms with Crippen LogP contribution in [0.15, 0.2) is 60.8 Å². The predicted molar refractivity (Wildman–Crippen MR) is 193 cm³/mol. The number of likely N-dealkylation sites (N-methyl/N-ethyl adjacent to an activating group) is 1. The van der Waals surface area contributed by atoms with E-state index in [0.29, 0.717) is 5.69 Å². The number of rotatable bonds is 4. The third-order valence-electron chi connectivity index (χ3n) is 9.36. The Morgan fingerprint density at radius 3 is 2.30 bits per heavy atom. The van der Waals surface area contributed by atoms with E-state index in [1.54, 1.807) is 13.2 Å². The minimum Gasteiger partial charge on any atom is -0.391 e. The van der Waals surface area contributed by atoms with Crippen molar-refractivity contribution in [3.63, 3.8) is 0 Å². The third-order valence-corrected chi connectivity index (χ3v) is 9.36. The SMILES string of the molecule is CN1CCOCc2cn(nn2)[C@@H](C(C)(C)C)C(=O)N2C[C@H](O)C[C@H]2C(=O)N[C@H](Cc2ccc(-c3ccccc3)cc2)C(=O)NCC(=O)N[C@H](CN)C1=O. The summed E-state index contributed by atoms with van der Waals surface area (Å²) in [5, 5.41) is 27.1. The highest BCUT2D eigenvalue weighted by molar-refractivity contribution is 5.95. The molecule has 2 aliphatic rings. The number of aromatic nitrogens is 3. The van der Waals surface area contributed by atoms with Crippen LogP contribution < -0.4 is 21.7 Å². The van der Waals surface area contributed by atoms with Gasteiger partial charge in [-0.25, -0.2) is 4.68 Å². The van der Waals surface area contributed by atoms with Gasteiger partial charge in [-0.15, -0.1) is 5.10 Å². The molecule has 2 bridgehead atoms. The van der Waals surface area contributed by atoms with Crippen LogP contribution in [0.2, 0.25) is 0 Å². The molecule has 5 atom stereocenters. The molecule has 1 fully saturated rings. The largest absolute Gasteiger partial charge is 0.391 e. The molecule has 53 heavy (non-hydrogen) atoms. The zero-order valence-electron chi connectivity index (χ0n) is 30.5. The van der Waals surface area contributed by atoms with Crippen LogP contribution in [0.3, 0.4) is 0 Å². The molecule has 3 heterocycles. The fraction of sp³-hybridized carbons (Fsp3) is 0.486. The van der Waals surface area contributed by atoms with Crippen molar-refractivity contribution < 1.29 is 33.8 Å². The molecule has 5 rings (SSSR count). The molecule has 0 saturated carbocycles. The number of amides is 5. The standard InChI is InChI=1S/C37H49N9O7/c1-37(2,3)32-36(52)45-21-27(47)17-30(45)34(50)41-28(16-23-10-12-25(13-11-23)24-8-6-5-7-9-24)33(49)39-19-31(48)40-29(18-38)35(51)44(4)14-15-53-22-26-20-46(32)43-42-26/h5-13,20,27-30,32,47H,14-19,21-22,38H2,1-4H3,(H,39,49)(H,40,48)(H,41,50)/t27-,28-,29-,30+,32-/m1/s1. The molecule has 0 unspecified atom stereocenters. The van der Waals surface area contributed by atoms with E-state index in [9.17, 15) is 29.1 Å². The van der Waals surface area contributed by atoms with Crippen LogP contribution in [-0.2, 0) is 41.7 Å². The number of ether oxygens (including phenoxy) is 1. The number of hydrogen-bond donors (Lipinski definition) is 5. The van der Waals surface area contributed by atoms with E-state index in [4.69, 9.17) is 10.5 Å². The Bertz CT molecular complexity index is 1760. The normalized spacial score (nSPS) is 24.4. The van der Waals surface area contributed by atoms with Gasteiger partial charge < -0.3 is 41.3 Å². The van der Waals surface area contributed by atoms with Crippen molar-refractivity contribution in [2.45, 2.75) is 70.5 Å². The summed E-state index contributed by atoms with van der Waals surface area (Å²) < 4.78 is 7.17. The summed E-state index contributed by atoms with van der Waals surface area (Å²) >= 11 is 0. The van der Waals surface area contributed by atoms with Gasteiger partial charge in [-0.3, -0.25) is 24.0 Å². The van der Waals surface area contributed by atoms with Crippen molar-refractivity contribution in [2.24, 2.45) is 11.1 Å². The lowest BCUT2D eigenvalue weighted by atomic mass is 9.85. The average molecular weight is 732 g/mol. The minimum absolute atomic E-state index is 0.0453. The molecule has 284 valence electrons. The topological polar surface area (TPSA) is 214 Å². The van der Waals surface area contributed by atoms with Crippen LogP contribution in [0.4, 0.5) is 0 Å². The molecule has 5 amide bonds. The molecule has 2 aromatic carbocycles. The number of nitrogens with zero attached hydrogens (tertiary/aromatic N) is 5. The summed E-state index contributed by atoms with van der Waals surface area (Å²) in [5.41, 5.74) is 8.29. The van der Waals surface area contributed by atoms with Crippen molar-refractivity contribution in [3.8, 4) is 11.1 Å². The molecule has 16 nitrogen and oxygen atoms in total. The Labute approximate surface area is 308 Å². The van der Waals surface area contributed by atoms with Gasteiger partial charge in [0.05, 0.1) is 32.1 Å². The Morgan fingerprint density at radius 2 is 1.62 bits per heavy atom. The smallest absolute Gasteiger partial charge is 0.248 e. The summed E-state index contributed by atoms with van der Waals surface area (Å²) in [6, 6.07) is 13.1. The Hall–Kier alpha value is -5.19.